The second-order valence-electron chi connectivity index (χ2n) is 4.05. The molecule has 0 radical (unpaired) electrons. The van der Waals surface area contributed by atoms with E-state index in [0.717, 1.165) is 17.7 Å². The van der Waals surface area contributed by atoms with E-state index < -0.39 is 0 Å². The number of hydrogen-bond acceptors (Lipinski definition) is 2. The van der Waals surface area contributed by atoms with E-state index in [-0.39, 0.29) is 0 Å². The number of fused-ring (bicyclic) bond motifs is 1. The highest BCUT2D eigenvalue weighted by atomic mass is 14.7. The van der Waals surface area contributed by atoms with E-state index in [0.29, 0.717) is 0 Å². The Morgan fingerprint density at radius 1 is 1.12 bits per heavy atom. The second kappa shape index (κ2) is 3.56. The first-order valence-electron chi connectivity index (χ1n) is 5.41. The summed E-state index contributed by atoms with van der Waals surface area (Å²) in [5, 5.41) is 0. The van der Waals surface area contributed by atoms with Crippen LogP contribution in [-0.4, -0.2) is 9.97 Å². The molecule has 2 aromatic heterocycles. The van der Waals surface area contributed by atoms with Crippen molar-refractivity contribution in [1.82, 2.24) is 9.97 Å². The molecule has 0 bridgehead atoms. The van der Waals surface area contributed by atoms with Gasteiger partial charge < -0.3 is 0 Å². The molecule has 0 atom stereocenters. The third-order valence-electron chi connectivity index (χ3n) is 2.84. The highest BCUT2D eigenvalue weighted by molar-refractivity contribution is 5.69. The molecule has 2 heteroatoms. The zero-order valence-corrected chi connectivity index (χ0v) is 9.14. The number of nitrogens with zero attached hydrogens (tertiary/aromatic N) is 2. The van der Waals surface area contributed by atoms with Gasteiger partial charge in [-0.15, -0.1) is 0 Å². The number of rotatable bonds is 1. The first-order chi connectivity index (χ1) is 7.83. The highest BCUT2D eigenvalue weighted by Crippen LogP contribution is 2.24. The van der Waals surface area contributed by atoms with Gasteiger partial charge in [-0.25, -0.2) is 0 Å². The number of aromatic nitrogens is 2. The molecule has 78 valence electrons. The van der Waals surface area contributed by atoms with Crippen molar-refractivity contribution in [2.75, 3.05) is 0 Å². The van der Waals surface area contributed by atoms with Crippen LogP contribution in [0.4, 0.5) is 0 Å². The van der Waals surface area contributed by atoms with Crippen molar-refractivity contribution in [1.29, 1.82) is 0 Å². The van der Waals surface area contributed by atoms with Gasteiger partial charge in [0.15, 0.2) is 0 Å². The fraction of sp³-hybridized carbons (Fsp3) is 0.143. The average Bonchev–Trinajstić information content (AvgIpc) is 2.75. The van der Waals surface area contributed by atoms with Crippen LogP contribution in [-0.2, 0) is 6.42 Å². The van der Waals surface area contributed by atoms with Crippen LogP contribution in [0.3, 0.4) is 0 Å². The van der Waals surface area contributed by atoms with Gasteiger partial charge in [-0.1, -0.05) is 12.2 Å². The van der Waals surface area contributed by atoms with Crippen LogP contribution in [0.15, 0.2) is 36.7 Å². The summed E-state index contributed by atoms with van der Waals surface area (Å²) in [4.78, 5) is 8.69. The van der Waals surface area contributed by atoms with Gasteiger partial charge in [0.05, 0.1) is 5.69 Å². The fourth-order valence-corrected chi connectivity index (χ4v) is 2.01. The van der Waals surface area contributed by atoms with Crippen molar-refractivity contribution in [2.24, 2.45) is 0 Å². The second-order valence-corrected chi connectivity index (χ2v) is 4.05. The maximum atomic E-state index is 4.48. The van der Waals surface area contributed by atoms with Crippen molar-refractivity contribution in [3.63, 3.8) is 0 Å². The molecule has 0 aromatic carbocycles. The van der Waals surface area contributed by atoms with Crippen molar-refractivity contribution < 1.29 is 0 Å². The molecule has 0 aliphatic heterocycles. The van der Waals surface area contributed by atoms with Crippen LogP contribution >= 0.6 is 0 Å². The Balaban J connectivity index is 2.10. The first-order valence-corrected chi connectivity index (χ1v) is 5.41. The monoisotopic (exact) mass is 208 g/mol. The van der Waals surface area contributed by atoms with Crippen molar-refractivity contribution >= 4 is 6.08 Å². The predicted molar refractivity (Wildman–Crippen MR) is 64.9 cm³/mol. The SMILES string of the molecule is Cc1cc(-c2cnc3c(c2)C=CC3)ccn1. The van der Waals surface area contributed by atoms with Crippen LogP contribution in [0.25, 0.3) is 17.2 Å². The molecular formula is C14H12N2. The number of hydrogen-bond donors (Lipinski definition) is 0. The van der Waals surface area contributed by atoms with Crippen LogP contribution in [0.1, 0.15) is 17.0 Å². The minimum atomic E-state index is 0.963. The Morgan fingerprint density at radius 3 is 2.94 bits per heavy atom. The first kappa shape index (κ1) is 9.28. The molecule has 0 amide bonds. The highest BCUT2D eigenvalue weighted by Gasteiger charge is 2.08. The summed E-state index contributed by atoms with van der Waals surface area (Å²) in [6, 6.07) is 6.30. The van der Waals surface area contributed by atoms with E-state index in [9.17, 15) is 0 Å². The van der Waals surface area contributed by atoms with Gasteiger partial charge in [-0.05, 0) is 36.2 Å². The maximum Gasteiger partial charge on any atom is 0.0513 e. The largest absolute Gasteiger partial charge is 0.262 e. The zero-order valence-electron chi connectivity index (χ0n) is 9.14. The number of pyridine rings is 2. The third kappa shape index (κ3) is 1.52. The summed E-state index contributed by atoms with van der Waals surface area (Å²) >= 11 is 0. The van der Waals surface area contributed by atoms with E-state index in [1.165, 1.54) is 16.8 Å². The van der Waals surface area contributed by atoms with Crippen molar-refractivity contribution in [3.05, 3.63) is 53.6 Å². The standard InChI is InChI=1S/C14H12N2/c1-10-7-11(5-6-15-10)13-8-12-3-2-4-14(12)16-9-13/h2-3,5-9H,4H2,1H3. The summed E-state index contributed by atoms with van der Waals surface area (Å²) in [6.07, 6.45) is 9.04. The molecule has 0 saturated heterocycles. The fourth-order valence-electron chi connectivity index (χ4n) is 2.01. The normalized spacial score (nSPS) is 12.8. The molecule has 3 rings (SSSR count). The summed E-state index contributed by atoms with van der Waals surface area (Å²) in [7, 11) is 0. The summed E-state index contributed by atoms with van der Waals surface area (Å²) in [6.45, 7) is 2.00. The molecule has 2 nitrogen and oxygen atoms in total. The van der Waals surface area contributed by atoms with E-state index in [1.807, 2.05) is 25.4 Å². The van der Waals surface area contributed by atoms with Crippen LogP contribution in [0, 0.1) is 6.92 Å². The van der Waals surface area contributed by atoms with E-state index >= 15 is 0 Å². The van der Waals surface area contributed by atoms with Crippen LogP contribution in [0.5, 0.6) is 0 Å². The Bertz CT molecular complexity index is 571. The Labute approximate surface area is 94.7 Å². The van der Waals surface area contributed by atoms with Gasteiger partial charge in [-0.3, -0.25) is 9.97 Å². The summed E-state index contributed by atoms with van der Waals surface area (Å²) in [5.41, 5.74) is 5.80. The summed E-state index contributed by atoms with van der Waals surface area (Å²) in [5.74, 6) is 0. The van der Waals surface area contributed by atoms with E-state index in [1.54, 1.807) is 0 Å². The lowest BCUT2D eigenvalue weighted by atomic mass is 10.1. The minimum Gasteiger partial charge on any atom is -0.262 e. The molecule has 0 unspecified atom stereocenters. The molecule has 16 heavy (non-hydrogen) atoms. The van der Waals surface area contributed by atoms with E-state index in [4.69, 9.17) is 0 Å². The van der Waals surface area contributed by atoms with Gasteiger partial charge in [0.2, 0.25) is 0 Å². The molecule has 0 spiro atoms. The third-order valence-corrected chi connectivity index (χ3v) is 2.84. The van der Waals surface area contributed by atoms with Crippen molar-refractivity contribution in [2.45, 2.75) is 13.3 Å². The quantitative estimate of drug-likeness (QED) is 0.720. The minimum absolute atomic E-state index is 0.963. The van der Waals surface area contributed by atoms with Gasteiger partial charge in [-0.2, -0.15) is 0 Å². The lowest BCUT2D eigenvalue weighted by Crippen LogP contribution is -1.90. The Kier molecular flexibility index (Phi) is 2.07. The van der Waals surface area contributed by atoms with Crippen LogP contribution in [0.2, 0.25) is 0 Å². The number of allylic oxidation sites excluding steroid dienone is 1. The van der Waals surface area contributed by atoms with Crippen molar-refractivity contribution in [3.8, 4) is 11.1 Å². The van der Waals surface area contributed by atoms with Crippen LogP contribution < -0.4 is 0 Å². The average molecular weight is 208 g/mol. The molecule has 2 aromatic rings. The topological polar surface area (TPSA) is 25.8 Å². The molecule has 0 saturated carbocycles. The predicted octanol–water partition coefficient (Wildman–Crippen LogP) is 3.02. The molecule has 1 aliphatic carbocycles. The maximum absolute atomic E-state index is 4.48. The Morgan fingerprint density at radius 2 is 2.06 bits per heavy atom. The lowest BCUT2D eigenvalue weighted by molar-refractivity contribution is 1.13. The molecule has 2 heterocycles. The molecule has 0 N–H and O–H groups in total. The van der Waals surface area contributed by atoms with Gasteiger partial charge in [0.1, 0.15) is 0 Å². The lowest BCUT2D eigenvalue weighted by Gasteiger charge is -2.04. The smallest absolute Gasteiger partial charge is 0.0513 e. The molecule has 0 fully saturated rings. The van der Waals surface area contributed by atoms with Gasteiger partial charge >= 0.3 is 0 Å². The summed E-state index contributed by atoms with van der Waals surface area (Å²) < 4.78 is 0. The van der Waals surface area contributed by atoms with Gasteiger partial charge in [0.25, 0.3) is 0 Å². The van der Waals surface area contributed by atoms with E-state index in [2.05, 4.69) is 34.3 Å². The zero-order chi connectivity index (χ0) is 11.0. The molecule has 1 aliphatic rings. The number of aryl methyl sites for hydroxylation is 1. The Hall–Kier alpha value is -1.96. The molecular weight excluding hydrogens is 196 g/mol. The van der Waals surface area contributed by atoms with Gasteiger partial charge in [0, 0.05) is 30.1 Å².